The Morgan fingerprint density at radius 1 is 0.917 bits per heavy atom. The quantitative estimate of drug-likeness (QED) is 0.121. The van der Waals surface area contributed by atoms with E-state index >= 15 is 0 Å². The van der Waals surface area contributed by atoms with E-state index in [1.807, 2.05) is 37.3 Å². The molecule has 1 aliphatic rings. The first-order valence-electron chi connectivity index (χ1n) is 16.7. The van der Waals surface area contributed by atoms with Gasteiger partial charge in [0.1, 0.15) is 16.5 Å². The van der Waals surface area contributed by atoms with Gasteiger partial charge in [0.25, 0.3) is 17.7 Å². The van der Waals surface area contributed by atoms with Crippen LogP contribution < -0.4 is 21.3 Å². The Hall–Kier alpha value is -3.97. The van der Waals surface area contributed by atoms with Crippen molar-refractivity contribution in [2.24, 2.45) is 0 Å². The summed E-state index contributed by atoms with van der Waals surface area (Å²) in [5, 5.41) is 13.2. The number of thiophene rings is 1. The second-order valence-electron chi connectivity index (χ2n) is 13.4. The molecule has 1 atom stereocenters. The average Bonchev–Trinajstić information content (AvgIpc) is 3.23. The van der Waals surface area contributed by atoms with Crippen LogP contribution in [0.5, 0.6) is 0 Å². The van der Waals surface area contributed by atoms with Crippen LogP contribution in [0.15, 0.2) is 35.7 Å². The van der Waals surface area contributed by atoms with Crippen molar-refractivity contribution < 1.29 is 37.9 Å². The van der Waals surface area contributed by atoms with Crippen molar-refractivity contribution in [2.75, 3.05) is 45.2 Å². The summed E-state index contributed by atoms with van der Waals surface area (Å²) in [5.41, 5.74) is 1.53. The standard InChI is InChI=1S/C35H51N5O7S/c1-25-24-48-31(32(43)38-27(33(44)46-5)17-11-12-18-36-34(45)47-35(2,3)4)30(25)39-29(42)23-40(19-13-6-7-14-20-40)22-28(41)37-21-26-15-9-8-10-16-26/h8-10,15-16,24,27H,6-7,11-14,17-23H2,1-5H3,(H3-,36,37,38,39,41,42,43,45)/p+1/t27-/m1/s1. The van der Waals surface area contributed by atoms with Gasteiger partial charge >= 0.3 is 12.1 Å². The zero-order chi connectivity index (χ0) is 35.2. The lowest BCUT2D eigenvalue weighted by atomic mass is 10.1. The van der Waals surface area contributed by atoms with Gasteiger partial charge in [-0.3, -0.25) is 14.4 Å². The molecule has 1 aliphatic heterocycles. The molecular formula is C35H52N5O7S+. The highest BCUT2D eigenvalue weighted by Gasteiger charge is 2.35. The SMILES string of the molecule is COC(=O)[C@@H](CCCCNC(=O)OC(C)(C)C)NC(=O)c1scc(C)c1NC(=O)C[N+]1(CC(=O)NCc2ccccc2)CCCCCC1. The summed E-state index contributed by atoms with van der Waals surface area (Å²) >= 11 is 1.18. The minimum Gasteiger partial charge on any atom is -0.467 e. The van der Waals surface area contributed by atoms with Crippen molar-refractivity contribution in [1.29, 1.82) is 0 Å². The number of benzene rings is 1. The van der Waals surface area contributed by atoms with E-state index in [-0.39, 0.29) is 29.8 Å². The van der Waals surface area contributed by atoms with E-state index in [9.17, 15) is 24.0 Å². The number of anilines is 1. The maximum absolute atomic E-state index is 13.6. The number of methoxy groups -OCH3 is 1. The molecule has 0 spiro atoms. The van der Waals surface area contributed by atoms with Crippen molar-refractivity contribution in [2.45, 2.75) is 90.8 Å². The fourth-order valence-corrected chi connectivity index (χ4v) is 6.64. The van der Waals surface area contributed by atoms with Crippen LogP contribution in [0.4, 0.5) is 10.5 Å². The molecule has 0 unspecified atom stereocenters. The van der Waals surface area contributed by atoms with E-state index in [2.05, 4.69) is 21.3 Å². The minimum atomic E-state index is -0.907. The average molecular weight is 687 g/mol. The second kappa shape index (κ2) is 18.5. The highest BCUT2D eigenvalue weighted by Crippen LogP contribution is 2.28. The predicted octanol–water partition coefficient (Wildman–Crippen LogP) is 4.67. The topological polar surface area (TPSA) is 152 Å². The van der Waals surface area contributed by atoms with Crippen molar-refractivity contribution >= 4 is 46.8 Å². The number of ether oxygens (including phenoxy) is 2. The van der Waals surface area contributed by atoms with E-state index in [4.69, 9.17) is 9.47 Å². The largest absolute Gasteiger partial charge is 0.467 e. The van der Waals surface area contributed by atoms with E-state index in [0.717, 1.165) is 49.9 Å². The molecule has 0 radical (unpaired) electrons. The second-order valence-corrected chi connectivity index (χ2v) is 14.3. The highest BCUT2D eigenvalue weighted by molar-refractivity contribution is 7.13. The third-order valence-electron chi connectivity index (χ3n) is 8.13. The number of carbonyl (C=O) groups is 5. The van der Waals surface area contributed by atoms with Crippen LogP contribution in [0.1, 0.15) is 86.5 Å². The van der Waals surface area contributed by atoms with Crippen LogP contribution in [0.2, 0.25) is 0 Å². The number of unbranched alkanes of at least 4 members (excludes halogenated alkanes) is 1. The van der Waals surface area contributed by atoms with Crippen molar-refractivity contribution in [3.05, 3.63) is 51.7 Å². The molecule has 13 heteroatoms. The number of alkyl carbamates (subject to hydrolysis) is 1. The van der Waals surface area contributed by atoms with Gasteiger partial charge in [0, 0.05) is 13.1 Å². The van der Waals surface area contributed by atoms with E-state index in [0.29, 0.717) is 42.5 Å². The maximum Gasteiger partial charge on any atom is 0.407 e. The first kappa shape index (κ1) is 38.5. The van der Waals surface area contributed by atoms with Gasteiger partial charge in [-0.15, -0.1) is 11.3 Å². The number of hydrogen-bond donors (Lipinski definition) is 4. The molecule has 1 aromatic carbocycles. The van der Waals surface area contributed by atoms with Gasteiger partial charge in [-0.1, -0.05) is 30.3 Å². The first-order valence-corrected chi connectivity index (χ1v) is 17.6. The van der Waals surface area contributed by atoms with Crippen LogP contribution in [0, 0.1) is 6.92 Å². The van der Waals surface area contributed by atoms with Gasteiger partial charge in [-0.2, -0.15) is 0 Å². The smallest absolute Gasteiger partial charge is 0.407 e. The molecule has 0 saturated carbocycles. The Morgan fingerprint density at radius 2 is 1.58 bits per heavy atom. The van der Waals surface area contributed by atoms with Crippen LogP contribution in [-0.2, 0) is 30.4 Å². The van der Waals surface area contributed by atoms with Gasteiger partial charge in [0.15, 0.2) is 13.1 Å². The summed E-state index contributed by atoms with van der Waals surface area (Å²) in [6.07, 6.45) is 4.84. The number of rotatable bonds is 15. The molecule has 1 saturated heterocycles. The van der Waals surface area contributed by atoms with Crippen LogP contribution in [0.25, 0.3) is 0 Å². The molecule has 2 heterocycles. The number of likely N-dealkylation sites (tertiary alicyclic amines) is 1. The number of nitrogens with one attached hydrogen (secondary N) is 4. The molecule has 1 aromatic heterocycles. The number of quaternary nitrogens is 1. The number of carbonyl (C=O) groups excluding carboxylic acids is 5. The molecule has 48 heavy (non-hydrogen) atoms. The summed E-state index contributed by atoms with van der Waals surface area (Å²) in [6, 6.07) is 8.80. The predicted molar refractivity (Wildman–Crippen MR) is 186 cm³/mol. The molecule has 2 aromatic rings. The number of amides is 4. The lowest BCUT2D eigenvalue weighted by Crippen LogP contribution is -2.57. The van der Waals surface area contributed by atoms with Gasteiger partial charge in [-0.25, -0.2) is 9.59 Å². The highest BCUT2D eigenvalue weighted by atomic mass is 32.1. The summed E-state index contributed by atoms with van der Waals surface area (Å²) in [6.45, 7) is 9.68. The summed E-state index contributed by atoms with van der Waals surface area (Å²) < 4.78 is 10.5. The van der Waals surface area contributed by atoms with E-state index < -0.39 is 29.6 Å². The molecule has 3 rings (SSSR count). The van der Waals surface area contributed by atoms with Crippen LogP contribution in [-0.4, -0.2) is 85.7 Å². The van der Waals surface area contributed by atoms with Gasteiger partial charge < -0.3 is 35.2 Å². The van der Waals surface area contributed by atoms with Crippen LogP contribution >= 0.6 is 11.3 Å². The summed E-state index contributed by atoms with van der Waals surface area (Å²) in [7, 11) is 1.26. The number of nitrogens with zero attached hydrogens (tertiary/aromatic N) is 1. The summed E-state index contributed by atoms with van der Waals surface area (Å²) in [4.78, 5) is 64.8. The molecule has 1 fully saturated rings. The number of hydrogen-bond acceptors (Lipinski definition) is 8. The van der Waals surface area contributed by atoms with E-state index in [1.165, 1.54) is 18.4 Å². The minimum absolute atomic E-state index is 0.102. The van der Waals surface area contributed by atoms with E-state index in [1.54, 1.807) is 26.2 Å². The monoisotopic (exact) mass is 686 g/mol. The van der Waals surface area contributed by atoms with Crippen LogP contribution in [0.3, 0.4) is 0 Å². The fourth-order valence-electron chi connectivity index (χ4n) is 5.73. The van der Waals surface area contributed by atoms with Crippen molar-refractivity contribution in [1.82, 2.24) is 16.0 Å². The number of esters is 1. The Balaban J connectivity index is 1.61. The van der Waals surface area contributed by atoms with Gasteiger partial charge in [0.2, 0.25) is 0 Å². The Morgan fingerprint density at radius 3 is 2.23 bits per heavy atom. The third-order valence-corrected chi connectivity index (χ3v) is 9.23. The lowest BCUT2D eigenvalue weighted by Gasteiger charge is -2.36. The summed E-state index contributed by atoms with van der Waals surface area (Å²) in [5.74, 6) is -1.45. The third kappa shape index (κ3) is 12.9. The molecule has 4 N–H and O–H groups in total. The first-order chi connectivity index (χ1) is 22.8. The van der Waals surface area contributed by atoms with Gasteiger partial charge in [0.05, 0.1) is 25.9 Å². The normalized spacial score (nSPS) is 14.9. The molecule has 4 amide bonds. The zero-order valence-electron chi connectivity index (χ0n) is 28.9. The molecule has 12 nitrogen and oxygen atoms in total. The Kier molecular flexibility index (Phi) is 14.9. The zero-order valence-corrected chi connectivity index (χ0v) is 29.8. The molecular weight excluding hydrogens is 634 g/mol. The van der Waals surface area contributed by atoms with Crippen molar-refractivity contribution in [3.8, 4) is 0 Å². The number of aryl methyl sites for hydroxylation is 1. The molecule has 264 valence electrons. The Labute approximate surface area is 287 Å². The molecule has 0 bridgehead atoms. The Bertz CT molecular complexity index is 1380. The van der Waals surface area contributed by atoms with Crippen molar-refractivity contribution in [3.63, 3.8) is 0 Å². The maximum atomic E-state index is 13.6. The molecule has 0 aliphatic carbocycles. The van der Waals surface area contributed by atoms with Gasteiger partial charge in [-0.05, 0) is 89.1 Å². The lowest BCUT2D eigenvalue weighted by molar-refractivity contribution is -0.912. The fraction of sp³-hybridized carbons (Fsp3) is 0.571.